The van der Waals surface area contributed by atoms with E-state index >= 15 is 0 Å². The maximum Gasteiger partial charge on any atom is 0.307 e. The Labute approximate surface area is 154 Å². The summed E-state index contributed by atoms with van der Waals surface area (Å²) >= 11 is 0. The van der Waals surface area contributed by atoms with Crippen LogP contribution in [0.4, 0.5) is 0 Å². The van der Waals surface area contributed by atoms with E-state index in [1.54, 1.807) is 7.11 Å². The predicted octanol–water partition coefficient (Wildman–Crippen LogP) is 3.04. The fourth-order valence-electron chi connectivity index (χ4n) is 3.34. The van der Waals surface area contributed by atoms with E-state index in [1.807, 2.05) is 25.1 Å². The topological polar surface area (TPSA) is 57.2 Å². The highest BCUT2D eigenvalue weighted by Crippen LogP contribution is 2.39. The number of nitrogens with zero attached hydrogens (tertiary/aromatic N) is 1. The highest BCUT2D eigenvalue weighted by molar-refractivity contribution is 5.69. The van der Waals surface area contributed by atoms with Crippen molar-refractivity contribution in [1.82, 2.24) is 4.90 Å². The van der Waals surface area contributed by atoms with E-state index in [4.69, 9.17) is 18.9 Å². The van der Waals surface area contributed by atoms with Gasteiger partial charge in [0.25, 0.3) is 0 Å². The molecule has 1 aliphatic heterocycles. The summed E-state index contributed by atoms with van der Waals surface area (Å²) in [5.41, 5.74) is 2.43. The fourth-order valence-corrected chi connectivity index (χ4v) is 3.34. The lowest BCUT2D eigenvalue weighted by molar-refractivity contribution is -0.168. The molecule has 1 unspecified atom stereocenters. The molecule has 142 valence electrons. The zero-order chi connectivity index (χ0) is 18.4. The predicted molar refractivity (Wildman–Crippen MR) is 96.7 cm³/mol. The monoisotopic (exact) mass is 361 g/mol. The number of hydrogen-bond acceptors (Lipinski definition) is 6. The average molecular weight is 361 g/mol. The standard InChI is InChI=1S/C20H27NO5/c1-3-24-18(22)10-11-21(20-25-12-13-26-20)19(15-6-4-7-15)16-8-5-9-17(14-16)23-2/h5-6,8-9,14,19-20H,3-4,7,10-13H2,1-2H3. The van der Waals surface area contributed by atoms with Gasteiger partial charge in [-0.1, -0.05) is 23.8 Å². The van der Waals surface area contributed by atoms with Gasteiger partial charge in [0.05, 0.1) is 39.4 Å². The van der Waals surface area contributed by atoms with Gasteiger partial charge in [-0.25, -0.2) is 4.90 Å². The van der Waals surface area contributed by atoms with Crippen LogP contribution >= 0.6 is 0 Å². The molecule has 0 radical (unpaired) electrons. The van der Waals surface area contributed by atoms with Crippen LogP contribution in [0.15, 0.2) is 35.9 Å². The molecule has 26 heavy (non-hydrogen) atoms. The molecule has 6 heteroatoms. The van der Waals surface area contributed by atoms with E-state index in [0.29, 0.717) is 32.8 Å². The van der Waals surface area contributed by atoms with Crippen molar-refractivity contribution in [3.8, 4) is 5.75 Å². The number of methoxy groups -OCH3 is 1. The molecular formula is C20H27NO5. The van der Waals surface area contributed by atoms with Crippen molar-refractivity contribution in [2.45, 2.75) is 38.6 Å². The second-order valence-electron chi connectivity index (χ2n) is 6.34. The van der Waals surface area contributed by atoms with Gasteiger partial charge >= 0.3 is 5.97 Å². The molecule has 1 aromatic rings. The summed E-state index contributed by atoms with van der Waals surface area (Å²) in [5.74, 6) is 0.605. The first-order valence-electron chi connectivity index (χ1n) is 9.20. The molecule has 0 saturated carbocycles. The Morgan fingerprint density at radius 2 is 2.12 bits per heavy atom. The summed E-state index contributed by atoms with van der Waals surface area (Å²) in [6, 6.07) is 8.03. The van der Waals surface area contributed by atoms with Crippen LogP contribution in [0, 0.1) is 0 Å². The molecule has 1 atom stereocenters. The minimum absolute atomic E-state index is 0.00336. The van der Waals surface area contributed by atoms with E-state index in [1.165, 1.54) is 5.57 Å². The van der Waals surface area contributed by atoms with E-state index in [0.717, 1.165) is 24.2 Å². The SMILES string of the molecule is CCOC(=O)CCN(C1OCCO1)C(C1=CCC1)c1cccc(OC)c1. The van der Waals surface area contributed by atoms with Gasteiger partial charge in [-0.2, -0.15) is 0 Å². The third-order valence-corrected chi connectivity index (χ3v) is 4.69. The Kier molecular flexibility index (Phi) is 6.66. The number of rotatable bonds is 9. The number of allylic oxidation sites excluding steroid dienone is 1. The van der Waals surface area contributed by atoms with Crippen LogP contribution in [0.1, 0.15) is 37.8 Å². The Bertz CT molecular complexity index is 639. The third kappa shape index (κ3) is 4.44. The van der Waals surface area contributed by atoms with Crippen molar-refractivity contribution < 1.29 is 23.7 Å². The Morgan fingerprint density at radius 3 is 2.73 bits per heavy atom. The van der Waals surface area contributed by atoms with Crippen molar-refractivity contribution in [2.24, 2.45) is 0 Å². The van der Waals surface area contributed by atoms with Crippen LogP contribution in [0.25, 0.3) is 0 Å². The molecule has 0 N–H and O–H groups in total. The number of carbonyl (C=O) groups excluding carboxylic acids is 1. The van der Waals surface area contributed by atoms with Gasteiger partial charge in [0.15, 0.2) is 0 Å². The second kappa shape index (κ2) is 9.16. The van der Waals surface area contributed by atoms with Gasteiger partial charge in [0, 0.05) is 6.54 Å². The van der Waals surface area contributed by atoms with Crippen LogP contribution in [0.3, 0.4) is 0 Å². The van der Waals surface area contributed by atoms with Gasteiger partial charge in [-0.3, -0.25) is 4.79 Å². The number of benzene rings is 1. The molecular weight excluding hydrogens is 334 g/mol. The number of carbonyl (C=O) groups is 1. The van der Waals surface area contributed by atoms with Crippen LogP contribution in [-0.4, -0.2) is 50.8 Å². The van der Waals surface area contributed by atoms with Gasteiger partial charge < -0.3 is 18.9 Å². The van der Waals surface area contributed by atoms with Crippen molar-refractivity contribution in [3.63, 3.8) is 0 Å². The summed E-state index contributed by atoms with van der Waals surface area (Å²) in [4.78, 5) is 14.0. The van der Waals surface area contributed by atoms with E-state index < -0.39 is 6.41 Å². The zero-order valence-corrected chi connectivity index (χ0v) is 15.5. The first-order valence-corrected chi connectivity index (χ1v) is 9.20. The minimum atomic E-state index is -0.456. The van der Waals surface area contributed by atoms with Crippen molar-refractivity contribution in [3.05, 3.63) is 41.5 Å². The molecule has 1 fully saturated rings. The lowest BCUT2D eigenvalue weighted by atomic mass is 9.86. The molecule has 1 aliphatic carbocycles. The third-order valence-electron chi connectivity index (χ3n) is 4.69. The lowest BCUT2D eigenvalue weighted by Crippen LogP contribution is -2.42. The van der Waals surface area contributed by atoms with Crippen molar-refractivity contribution >= 4 is 5.97 Å². The van der Waals surface area contributed by atoms with E-state index in [2.05, 4.69) is 17.0 Å². The maximum absolute atomic E-state index is 11.9. The largest absolute Gasteiger partial charge is 0.497 e. The molecule has 0 bridgehead atoms. The van der Waals surface area contributed by atoms with E-state index in [9.17, 15) is 4.79 Å². The first kappa shape index (κ1) is 18.9. The maximum atomic E-state index is 11.9. The summed E-state index contributed by atoms with van der Waals surface area (Å²) in [5, 5.41) is 0. The number of esters is 1. The Hall–Kier alpha value is -1.89. The molecule has 1 aromatic carbocycles. The van der Waals surface area contributed by atoms with Gasteiger partial charge in [0.1, 0.15) is 5.75 Å². The number of hydrogen-bond donors (Lipinski definition) is 0. The molecule has 1 saturated heterocycles. The normalized spacial score (nSPS) is 18.3. The molecule has 2 aliphatic rings. The van der Waals surface area contributed by atoms with Crippen molar-refractivity contribution in [2.75, 3.05) is 33.5 Å². The first-order chi connectivity index (χ1) is 12.7. The number of ether oxygens (including phenoxy) is 4. The molecule has 0 aromatic heterocycles. The highest BCUT2D eigenvalue weighted by atomic mass is 16.7. The van der Waals surface area contributed by atoms with Crippen molar-refractivity contribution in [1.29, 1.82) is 0 Å². The fraction of sp³-hybridized carbons (Fsp3) is 0.550. The molecule has 1 heterocycles. The average Bonchev–Trinajstić information content (AvgIpc) is 3.14. The van der Waals surface area contributed by atoms with E-state index in [-0.39, 0.29) is 12.0 Å². The quantitative estimate of drug-likeness (QED) is 0.498. The molecule has 6 nitrogen and oxygen atoms in total. The van der Waals surface area contributed by atoms with Crippen LogP contribution in [-0.2, 0) is 19.0 Å². The summed E-state index contributed by atoms with van der Waals surface area (Å²) in [6.07, 6.45) is 4.20. The molecule has 0 spiro atoms. The van der Waals surface area contributed by atoms with Gasteiger partial charge in [-0.05, 0) is 37.5 Å². The van der Waals surface area contributed by atoms with Gasteiger partial charge in [-0.15, -0.1) is 0 Å². The van der Waals surface area contributed by atoms with Crippen LogP contribution in [0.2, 0.25) is 0 Å². The zero-order valence-electron chi connectivity index (χ0n) is 15.5. The Balaban J connectivity index is 1.86. The Morgan fingerprint density at radius 1 is 1.35 bits per heavy atom. The molecule has 3 rings (SSSR count). The summed E-state index contributed by atoms with van der Waals surface area (Å²) in [7, 11) is 1.67. The van der Waals surface area contributed by atoms with Crippen LogP contribution in [0.5, 0.6) is 5.75 Å². The summed E-state index contributed by atoms with van der Waals surface area (Å²) < 4.78 is 22.0. The second-order valence-corrected chi connectivity index (χ2v) is 6.34. The molecule has 0 amide bonds. The lowest BCUT2D eigenvalue weighted by Gasteiger charge is -2.38. The smallest absolute Gasteiger partial charge is 0.307 e. The van der Waals surface area contributed by atoms with Crippen LogP contribution < -0.4 is 4.74 Å². The highest BCUT2D eigenvalue weighted by Gasteiger charge is 2.35. The minimum Gasteiger partial charge on any atom is -0.497 e. The summed E-state index contributed by atoms with van der Waals surface area (Å²) in [6.45, 7) is 3.83. The van der Waals surface area contributed by atoms with Gasteiger partial charge in [0.2, 0.25) is 6.41 Å².